The summed E-state index contributed by atoms with van der Waals surface area (Å²) in [7, 11) is -11.4. The second kappa shape index (κ2) is 7.78. The maximum atomic E-state index is 11.5. The van der Waals surface area contributed by atoms with Crippen LogP contribution in [0.2, 0.25) is 0 Å². The summed E-state index contributed by atoms with van der Waals surface area (Å²) in [5.74, 6) is -0.799. The van der Waals surface area contributed by atoms with Crippen molar-refractivity contribution in [2.75, 3.05) is 0 Å². The zero-order valence-corrected chi connectivity index (χ0v) is 14.3. The summed E-state index contributed by atoms with van der Waals surface area (Å²) in [6.07, 6.45) is 3.32. The van der Waals surface area contributed by atoms with Crippen molar-refractivity contribution in [3.8, 4) is 0 Å². The largest absolute Gasteiger partial charge is 0.512 e. The Kier molecular flexibility index (Phi) is 7.22. The minimum atomic E-state index is -6.60. The van der Waals surface area contributed by atoms with Crippen LogP contribution < -0.4 is 4.13 Å². The van der Waals surface area contributed by atoms with E-state index in [2.05, 4.69) is 4.98 Å². The van der Waals surface area contributed by atoms with E-state index in [1.165, 1.54) is 0 Å². The van der Waals surface area contributed by atoms with Gasteiger partial charge in [-0.3, -0.25) is 4.79 Å². The first kappa shape index (κ1) is 24.1. The van der Waals surface area contributed by atoms with Crippen molar-refractivity contribution >= 4 is 26.0 Å². The van der Waals surface area contributed by atoms with Crippen molar-refractivity contribution in [2.45, 2.75) is 23.9 Å². The minimum Gasteiger partial charge on any atom is -0.481 e. The number of nitrogens with one attached hydrogen (secondary N) is 1. The fourth-order valence-electron chi connectivity index (χ4n) is 1.14. The molecule has 2 N–H and O–H groups in total. The van der Waals surface area contributed by atoms with Crippen molar-refractivity contribution in [1.82, 2.24) is 13.7 Å². The zero-order chi connectivity index (χ0) is 21.1. The van der Waals surface area contributed by atoms with Gasteiger partial charge in [-0.2, -0.15) is 26.3 Å². The van der Waals surface area contributed by atoms with E-state index >= 15 is 0 Å². The molecule has 1 aromatic rings. The predicted molar refractivity (Wildman–Crippen MR) is 72.3 cm³/mol. The average molecular weight is 435 g/mol. The number of carboxylic acid groups (broad SMARTS) is 1. The van der Waals surface area contributed by atoms with Crippen LogP contribution in [0.4, 0.5) is 26.3 Å². The third-order valence-electron chi connectivity index (χ3n) is 2.45. The average Bonchev–Trinajstić information content (AvgIpc) is 2.80. The molecule has 0 radical (unpaired) electrons. The van der Waals surface area contributed by atoms with Gasteiger partial charge in [0.15, 0.2) is 0 Å². The van der Waals surface area contributed by atoms with Crippen molar-refractivity contribution in [2.24, 2.45) is 7.05 Å². The highest BCUT2D eigenvalue weighted by molar-refractivity contribution is 8.05. The number of halogens is 6. The summed E-state index contributed by atoms with van der Waals surface area (Å²) in [5, 5.41) is 8.62. The van der Waals surface area contributed by atoms with Gasteiger partial charge < -0.3 is 9.67 Å². The van der Waals surface area contributed by atoms with Crippen LogP contribution in [0.3, 0.4) is 0 Å². The van der Waals surface area contributed by atoms with Crippen molar-refractivity contribution in [3.05, 3.63) is 18.2 Å². The van der Waals surface area contributed by atoms with Gasteiger partial charge in [0.25, 0.3) is 0 Å². The summed E-state index contributed by atoms with van der Waals surface area (Å²) >= 11 is 0. The van der Waals surface area contributed by atoms with E-state index < -0.39 is 47.1 Å². The Balaban J connectivity index is 0.000000502. The molecule has 1 rings (SSSR count). The molecule has 0 aliphatic heterocycles. The van der Waals surface area contributed by atoms with Gasteiger partial charge in [-0.25, -0.2) is 21.8 Å². The summed E-state index contributed by atoms with van der Waals surface area (Å²) in [6, 6.07) is 0. The second-order valence-corrected chi connectivity index (χ2v) is 8.04. The number of hydrogen-bond donors (Lipinski definition) is 2. The molecule has 0 fully saturated rings. The van der Waals surface area contributed by atoms with E-state index in [0.29, 0.717) is 5.82 Å². The molecule has 0 amide bonds. The molecule has 0 saturated heterocycles. The molecular formula is C9H11F6N3O6S2. The van der Waals surface area contributed by atoms with Crippen LogP contribution in [0.1, 0.15) is 18.7 Å². The van der Waals surface area contributed by atoms with Crippen LogP contribution in [-0.4, -0.2) is 48.5 Å². The molecule has 0 saturated carbocycles. The topological polar surface area (TPSA) is 135 Å². The smallest absolute Gasteiger partial charge is 0.481 e. The molecular weight excluding hydrogens is 424 g/mol. The highest BCUT2D eigenvalue weighted by Crippen LogP contribution is 2.27. The monoisotopic (exact) mass is 435 g/mol. The highest BCUT2D eigenvalue weighted by atomic mass is 32.3. The Morgan fingerprint density at radius 2 is 1.50 bits per heavy atom. The second-order valence-electron chi connectivity index (χ2n) is 4.44. The Morgan fingerprint density at radius 3 is 1.73 bits per heavy atom. The van der Waals surface area contributed by atoms with Crippen LogP contribution in [0.15, 0.2) is 12.4 Å². The molecule has 1 atom stereocenters. The standard InChI is InChI=1S/C7H10N2O2.C2HF6NO4S2/c1-5(7(10)11)6-8-3-4-9(6)2;3-1(4,5)14(10,11)9-15(12,13)2(6,7)8/h3-5H,1-2H3,(H,10,11);9H. The lowest BCUT2D eigenvalue weighted by molar-refractivity contribution is -0.138. The predicted octanol–water partition coefficient (Wildman–Crippen LogP) is 0.883. The third-order valence-corrected chi connectivity index (χ3v) is 5.42. The molecule has 0 bridgehead atoms. The van der Waals surface area contributed by atoms with Crippen LogP contribution in [0.5, 0.6) is 0 Å². The normalized spacial score (nSPS) is 14.3. The molecule has 0 aliphatic rings. The van der Waals surface area contributed by atoms with Gasteiger partial charge in [0, 0.05) is 19.4 Å². The molecule has 1 unspecified atom stereocenters. The number of aliphatic carboxylic acids is 1. The fourth-order valence-corrected chi connectivity index (χ4v) is 3.06. The van der Waals surface area contributed by atoms with Crippen molar-refractivity contribution in [1.29, 1.82) is 0 Å². The van der Waals surface area contributed by atoms with Gasteiger partial charge in [-0.15, -0.1) is 0 Å². The number of imidazole rings is 1. The number of carboxylic acids is 1. The van der Waals surface area contributed by atoms with Crippen molar-refractivity contribution < 1.29 is 53.1 Å². The summed E-state index contributed by atoms with van der Waals surface area (Å²) < 4.78 is 110. The number of aromatic nitrogens is 2. The summed E-state index contributed by atoms with van der Waals surface area (Å²) in [4.78, 5) is 14.4. The number of carbonyl (C=O) groups is 1. The number of hydrogen-bond acceptors (Lipinski definition) is 6. The van der Waals surface area contributed by atoms with Gasteiger partial charge in [0.05, 0.1) is 0 Å². The Morgan fingerprint density at radius 1 is 1.12 bits per heavy atom. The number of aryl methyl sites for hydroxylation is 1. The van der Waals surface area contributed by atoms with Gasteiger partial charge in [0.1, 0.15) is 11.7 Å². The first-order valence-electron chi connectivity index (χ1n) is 5.94. The molecule has 0 aromatic carbocycles. The van der Waals surface area contributed by atoms with Gasteiger partial charge in [0.2, 0.25) is 0 Å². The highest BCUT2D eigenvalue weighted by Gasteiger charge is 2.55. The van der Waals surface area contributed by atoms with Crippen LogP contribution >= 0.6 is 0 Å². The molecule has 1 aromatic heterocycles. The SMILES string of the molecule is CC(C(=O)O)c1nccn1C.O=S(=O)(NS(=O)(=O)C(F)(F)F)C(F)(F)F. The fraction of sp³-hybridized carbons (Fsp3) is 0.556. The lowest BCUT2D eigenvalue weighted by Gasteiger charge is -2.11. The van der Waals surface area contributed by atoms with E-state index in [9.17, 15) is 48.0 Å². The van der Waals surface area contributed by atoms with Gasteiger partial charge in [-0.05, 0) is 6.92 Å². The number of sulfonamides is 2. The molecule has 26 heavy (non-hydrogen) atoms. The Hall–Kier alpha value is -1.88. The van der Waals surface area contributed by atoms with Crippen molar-refractivity contribution in [3.63, 3.8) is 0 Å². The van der Waals surface area contributed by atoms with Crippen LogP contribution in [0, 0.1) is 0 Å². The van der Waals surface area contributed by atoms with Crippen LogP contribution in [-0.2, 0) is 31.9 Å². The molecule has 0 spiro atoms. The number of alkyl halides is 6. The maximum Gasteiger partial charge on any atom is 0.512 e. The molecule has 152 valence electrons. The summed E-state index contributed by atoms with van der Waals surface area (Å²) in [5.41, 5.74) is -12.3. The minimum absolute atomic E-state index is 0.493. The van der Waals surface area contributed by atoms with E-state index in [1.807, 2.05) is 0 Å². The molecule has 9 nitrogen and oxygen atoms in total. The quantitative estimate of drug-likeness (QED) is 0.671. The number of nitrogens with zero attached hydrogens (tertiary/aromatic N) is 2. The zero-order valence-electron chi connectivity index (χ0n) is 12.7. The van der Waals surface area contributed by atoms with Gasteiger partial charge in [-0.1, -0.05) is 4.13 Å². The van der Waals surface area contributed by atoms with E-state index in [-0.39, 0.29) is 0 Å². The molecule has 1 heterocycles. The van der Waals surface area contributed by atoms with E-state index in [4.69, 9.17) is 5.11 Å². The first-order valence-corrected chi connectivity index (χ1v) is 8.91. The Bertz CT molecular complexity index is 800. The molecule has 17 heteroatoms. The Labute approximate surface area is 142 Å². The number of rotatable bonds is 4. The van der Waals surface area contributed by atoms with Gasteiger partial charge >= 0.3 is 37.0 Å². The lowest BCUT2D eigenvalue weighted by Crippen LogP contribution is -2.45. The first-order chi connectivity index (χ1) is 11.3. The van der Waals surface area contributed by atoms with E-state index in [1.54, 1.807) is 30.9 Å². The molecule has 0 aliphatic carbocycles. The van der Waals surface area contributed by atoms with Crippen LogP contribution in [0.25, 0.3) is 0 Å². The third kappa shape index (κ3) is 6.13. The maximum absolute atomic E-state index is 11.5. The van der Waals surface area contributed by atoms with E-state index in [0.717, 1.165) is 0 Å². The lowest BCUT2D eigenvalue weighted by atomic mass is 10.2. The summed E-state index contributed by atoms with van der Waals surface area (Å²) in [6.45, 7) is 1.62.